The highest BCUT2D eigenvalue weighted by Gasteiger charge is 2.24. The van der Waals surface area contributed by atoms with Crippen molar-refractivity contribution in [2.45, 2.75) is 6.29 Å². The van der Waals surface area contributed by atoms with Crippen LogP contribution < -0.4 is 0 Å². The predicted molar refractivity (Wildman–Crippen MR) is 40.0 cm³/mol. The van der Waals surface area contributed by atoms with E-state index in [1.165, 1.54) is 12.1 Å². The molecule has 0 unspecified atom stereocenters. The fourth-order valence-electron chi connectivity index (χ4n) is 1.09. The molecule has 13 heavy (non-hydrogen) atoms. The molecule has 2 rings (SSSR count). The molecule has 0 amide bonds. The molecule has 0 spiro atoms. The molecule has 0 bridgehead atoms. The highest BCUT2D eigenvalue weighted by Crippen LogP contribution is 2.27. The average Bonchev–Trinajstić information content (AvgIpc) is 2.75. The number of rotatable bonds is 2. The molecule has 1 saturated heterocycles. The molecule has 1 aliphatic heterocycles. The van der Waals surface area contributed by atoms with Crippen LogP contribution in [0.1, 0.15) is 12.1 Å². The maximum absolute atomic E-state index is 10.3. The van der Waals surface area contributed by atoms with Gasteiger partial charge in [-0.15, -0.1) is 0 Å². The molecule has 1 aliphatic rings. The Morgan fingerprint density at radius 3 is 2.62 bits per heavy atom. The van der Waals surface area contributed by atoms with E-state index in [1.54, 1.807) is 0 Å². The highest BCUT2D eigenvalue weighted by molar-refractivity contribution is 5.18. The third-order valence-electron chi connectivity index (χ3n) is 1.65. The molecule has 1 aromatic heterocycles. The largest absolute Gasteiger partial charge is 0.433 e. The van der Waals surface area contributed by atoms with Gasteiger partial charge in [-0.3, -0.25) is 10.1 Å². The van der Waals surface area contributed by atoms with Gasteiger partial charge in [-0.05, 0) is 6.07 Å². The maximum atomic E-state index is 10.3. The molecule has 0 aromatic carbocycles. The molecular weight excluding hydrogens is 178 g/mol. The number of hydrogen-bond donors (Lipinski definition) is 0. The molecule has 6 heteroatoms. The van der Waals surface area contributed by atoms with Crippen LogP contribution in [0.4, 0.5) is 5.88 Å². The molecule has 1 fully saturated rings. The van der Waals surface area contributed by atoms with Crippen molar-refractivity contribution < 1.29 is 18.8 Å². The van der Waals surface area contributed by atoms with Crippen molar-refractivity contribution in [2.24, 2.45) is 0 Å². The first-order chi connectivity index (χ1) is 6.27. The topological polar surface area (TPSA) is 74.7 Å². The summed E-state index contributed by atoms with van der Waals surface area (Å²) in [6.45, 7) is 0.971. The van der Waals surface area contributed by atoms with Crippen LogP contribution in [0.25, 0.3) is 0 Å². The summed E-state index contributed by atoms with van der Waals surface area (Å²) in [5, 5.41) is 10.3. The number of ether oxygens (including phenoxy) is 2. The Balaban J connectivity index is 2.16. The normalized spacial score (nSPS) is 17.8. The summed E-state index contributed by atoms with van der Waals surface area (Å²) in [6.07, 6.45) is -0.589. The Hall–Kier alpha value is -1.40. The van der Waals surface area contributed by atoms with Gasteiger partial charge >= 0.3 is 5.88 Å². The first-order valence-electron chi connectivity index (χ1n) is 3.75. The molecule has 0 aliphatic carbocycles. The Morgan fingerprint density at radius 1 is 1.38 bits per heavy atom. The fraction of sp³-hybridized carbons (Fsp3) is 0.429. The van der Waals surface area contributed by atoms with Crippen molar-refractivity contribution >= 4 is 5.88 Å². The van der Waals surface area contributed by atoms with Crippen LogP contribution in [0.5, 0.6) is 0 Å². The minimum atomic E-state index is -0.599. The number of nitrogens with zero attached hydrogens (tertiary/aromatic N) is 1. The monoisotopic (exact) mass is 185 g/mol. The van der Waals surface area contributed by atoms with Crippen LogP contribution in [-0.4, -0.2) is 18.1 Å². The van der Waals surface area contributed by atoms with E-state index in [-0.39, 0.29) is 5.88 Å². The van der Waals surface area contributed by atoms with Crippen molar-refractivity contribution in [1.82, 2.24) is 0 Å². The summed E-state index contributed by atoms with van der Waals surface area (Å²) in [5.41, 5.74) is 0. The second-order valence-corrected chi connectivity index (χ2v) is 2.51. The second kappa shape index (κ2) is 3.15. The summed E-state index contributed by atoms with van der Waals surface area (Å²) in [5.74, 6) is 0.0401. The Morgan fingerprint density at radius 2 is 2.08 bits per heavy atom. The van der Waals surface area contributed by atoms with Gasteiger partial charge in [0.25, 0.3) is 0 Å². The van der Waals surface area contributed by atoms with Gasteiger partial charge in [0.1, 0.15) is 4.92 Å². The summed E-state index contributed by atoms with van der Waals surface area (Å²) in [4.78, 5) is 9.66. The van der Waals surface area contributed by atoms with Gasteiger partial charge in [0.2, 0.25) is 6.29 Å². The summed E-state index contributed by atoms with van der Waals surface area (Å²) < 4.78 is 15.1. The first-order valence-corrected chi connectivity index (χ1v) is 3.75. The van der Waals surface area contributed by atoms with E-state index < -0.39 is 11.2 Å². The third-order valence-corrected chi connectivity index (χ3v) is 1.65. The van der Waals surface area contributed by atoms with Crippen molar-refractivity contribution in [3.8, 4) is 0 Å². The summed E-state index contributed by atoms with van der Waals surface area (Å²) in [7, 11) is 0. The third kappa shape index (κ3) is 1.53. The zero-order valence-electron chi connectivity index (χ0n) is 6.63. The molecule has 0 N–H and O–H groups in total. The van der Waals surface area contributed by atoms with E-state index in [1.807, 2.05) is 0 Å². The van der Waals surface area contributed by atoms with Gasteiger partial charge < -0.3 is 13.9 Å². The highest BCUT2D eigenvalue weighted by atomic mass is 16.7. The molecule has 70 valence electrons. The second-order valence-electron chi connectivity index (χ2n) is 2.51. The van der Waals surface area contributed by atoms with Crippen LogP contribution in [0.3, 0.4) is 0 Å². The van der Waals surface area contributed by atoms with E-state index in [0.717, 1.165) is 0 Å². The van der Waals surface area contributed by atoms with Crippen molar-refractivity contribution in [3.05, 3.63) is 28.0 Å². The van der Waals surface area contributed by atoms with Gasteiger partial charge in [-0.25, -0.2) is 0 Å². The van der Waals surface area contributed by atoms with Crippen LogP contribution >= 0.6 is 0 Å². The van der Waals surface area contributed by atoms with E-state index >= 15 is 0 Å². The summed E-state index contributed by atoms with van der Waals surface area (Å²) in [6, 6.07) is 2.76. The SMILES string of the molecule is O=[N+]([O-])c1ccc(C2OCCO2)o1. The van der Waals surface area contributed by atoms with Crippen LogP contribution in [0, 0.1) is 10.1 Å². The molecule has 1 aromatic rings. The Kier molecular flexibility index (Phi) is 1.99. The van der Waals surface area contributed by atoms with E-state index in [4.69, 9.17) is 13.9 Å². The van der Waals surface area contributed by atoms with Crippen LogP contribution in [0.2, 0.25) is 0 Å². The van der Waals surface area contributed by atoms with Crippen molar-refractivity contribution in [1.29, 1.82) is 0 Å². The lowest BCUT2D eigenvalue weighted by Crippen LogP contribution is -1.95. The van der Waals surface area contributed by atoms with Gasteiger partial charge in [0.15, 0.2) is 5.76 Å². The van der Waals surface area contributed by atoms with Crippen molar-refractivity contribution in [3.63, 3.8) is 0 Å². The number of furan rings is 1. The first kappa shape index (κ1) is 8.21. The zero-order chi connectivity index (χ0) is 9.26. The van der Waals surface area contributed by atoms with Crippen LogP contribution in [0.15, 0.2) is 16.5 Å². The standard InChI is InChI=1S/C7H7NO5/c9-8(10)6-2-1-5(13-6)7-11-3-4-12-7/h1-2,7H,3-4H2. The number of nitro groups is 1. The Labute approximate surface area is 73.2 Å². The van der Waals surface area contributed by atoms with Crippen LogP contribution in [-0.2, 0) is 9.47 Å². The lowest BCUT2D eigenvalue weighted by atomic mass is 10.4. The minimum Gasteiger partial charge on any atom is -0.400 e. The zero-order valence-corrected chi connectivity index (χ0v) is 6.63. The fourth-order valence-corrected chi connectivity index (χ4v) is 1.09. The van der Waals surface area contributed by atoms with Crippen molar-refractivity contribution in [2.75, 3.05) is 13.2 Å². The van der Waals surface area contributed by atoms with Gasteiger partial charge in [-0.1, -0.05) is 0 Å². The van der Waals surface area contributed by atoms with Gasteiger partial charge in [0, 0.05) is 0 Å². The van der Waals surface area contributed by atoms with Gasteiger partial charge in [0.05, 0.1) is 19.3 Å². The smallest absolute Gasteiger partial charge is 0.400 e. The Bertz CT molecular complexity index is 314. The van der Waals surface area contributed by atoms with E-state index in [2.05, 4.69) is 0 Å². The molecule has 0 atom stereocenters. The summed E-state index contributed by atoms with van der Waals surface area (Å²) >= 11 is 0. The number of hydrogen-bond acceptors (Lipinski definition) is 5. The minimum absolute atomic E-state index is 0.297. The van der Waals surface area contributed by atoms with Gasteiger partial charge in [-0.2, -0.15) is 0 Å². The average molecular weight is 185 g/mol. The van der Waals surface area contributed by atoms with E-state index in [0.29, 0.717) is 19.0 Å². The molecule has 2 heterocycles. The molecule has 0 saturated carbocycles. The molecule has 6 nitrogen and oxygen atoms in total. The lowest BCUT2D eigenvalue weighted by Gasteiger charge is -2.02. The lowest BCUT2D eigenvalue weighted by molar-refractivity contribution is -0.402. The predicted octanol–water partition coefficient (Wildman–Crippen LogP) is 1.23. The maximum Gasteiger partial charge on any atom is 0.433 e. The quantitative estimate of drug-likeness (QED) is 0.511. The van der Waals surface area contributed by atoms with E-state index in [9.17, 15) is 10.1 Å². The molecular formula is C7H7NO5. The molecule has 0 radical (unpaired) electrons.